The molecule has 0 amide bonds. The Morgan fingerprint density at radius 3 is 2.13 bits per heavy atom. The monoisotopic (exact) mass is 213 g/mol. The number of carboxylic acids is 1. The summed E-state index contributed by atoms with van der Waals surface area (Å²) in [6.07, 6.45) is 3.50. The average Bonchev–Trinajstić information content (AvgIpc) is 2.29. The van der Waals surface area contributed by atoms with E-state index in [1.54, 1.807) is 12.4 Å². The Balaban J connectivity index is 0.000000280. The molecule has 1 aromatic heterocycles. The number of pyridine rings is 1. The van der Waals surface area contributed by atoms with Crippen molar-refractivity contribution < 1.29 is 24.2 Å². The summed E-state index contributed by atoms with van der Waals surface area (Å²) in [6.45, 7) is -0.328. The van der Waals surface area contributed by atoms with Crippen molar-refractivity contribution in [3.8, 4) is 0 Å². The number of nitrogens with zero attached hydrogens (tertiary/aromatic N) is 1. The first-order valence-electron chi connectivity index (χ1n) is 3.92. The second-order valence-corrected chi connectivity index (χ2v) is 2.17. The second kappa shape index (κ2) is 8.64. The Kier molecular flexibility index (Phi) is 7.52. The van der Waals surface area contributed by atoms with E-state index in [0.717, 1.165) is 0 Å². The zero-order chi connectivity index (χ0) is 11.5. The Morgan fingerprint density at radius 1 is 1.27 bits per heavy atom. The molecule has 0 bridgehead atoms. The van der Waals surface area contributed by atoms with Crippen LogP contribution in [0.2, 0.25) is 0 Å². The molecule has 0 atom stereocenters. The highest BCUT2D eigenvalue weighted by molar-refractivity contribution is 6.28. The van der Waals surface area contributed by atoms with Crippen LogP contribution in [0.5, 0.6) is 0 Å². The Morgan fingerprint density at radius 2 is 1.87 bits per heavy atom. The SMILES string of the molecule is COCOC(=O)C(=O)O.c1ccncc1. The summed E-state index contributed by atoms with van der Waals surface area (Å²) in [7, 11) is 1.29. The van der Waals surface area contributed by atoms with Crippen LogP contribution in [0.3, 0.4) is 0 Å². The molecule has 82 valence electrons. The van der Waals surface area contributed by atoms with Crippen molar-refractivity contribution in [3.05, 3.63) is 30.6 Å². The lowest BCUT2D eigenvalue weighted by atomic mass is 10.5. The third-order valence-corrected chi connectivity index (χ3v) is 1.05. The molecule has 1 aromatic rings. The number of aromatic nitrogens is 1. The van der Waals surface area contributed by atoms with Gasteiger partial charge in [-0.3, -0.25) is 4.98 Å². The number of carbonyl (C=O) groups excluding carboxylic acids is 1. The van der Waals surface area contributed by atoms with Gasteiger partial charge in [-0.15, -0.1) is 0 Å². The average molecular weight is 213 g/mol. The van der Waals surface area contributed by atoms with E-state index in [-0.39, 0.29) is 6.79 Å². The molecular weight excluding hydrogens is 202 g/mol. The minimum atomic E-state index is -1.62. The van der Waals surface area contributed by atoms with Crippen LogP contribution in [-0.4, -0.2) is 35.9 Å². The minimum Gasteiger partial charge on any atom is -0.473 e. The van der Waals surface area contributed by atoms with E-state index in [0.29, 0.717) is 0 Å². The summed E-state index contributed by atoms with van der Waals surface area (Å²) in [4.78, 5) is 23.5. The lowest BCUT2D eigenvalue weighted by molar-refractivity contribution is -0.170. The Bertz CT molecular complexity index is 261. The summed E-state index contributed by atoms with van der Waals surface area (Å²) >= 11 is 0. The third-order valence-electron chi connectivity index (χ3n) is 1.05. The molecule has 1 rings (SSSR count). The highest BCUT2D eigenvalue weighted by atomic mass is 16.7. The molecule has 0 aliphatic carbocycles. The van der Waals surface area contributed by atoms with Gasteiger partial charge in [0.25, 0.3) is 0 Å². The molecule has 0 spiro atoms. The number of rotatable bonds is 2. The highest BCUT2D eigenvalue weighted by Crippen LogP contribution is 1.77. The molecule has 1 heterocycles. The van der Waals surface area contributed by atoms with Crippen LogP contribution in [0.1, 0.15) is 0 Å². The van der Waals surface area contributed by atoms with Crippen molar-refractivity contribution in [1.82, 2.24) is 4.98 Å². The summed E-state index contributed by atoms with van der Waals surface area (Å²) < 4.78 is 8.25. The smallest absolute Gasteiger partial charge is 0.419 e. The van der Waals surface area contributed by atoms with Gasteiger partial charge in [0.2, 0.25) is 0 Å². The lowest BCUT2D eigenvalue weighted by Gasteiger charge is -1.96. The molecule has 0 unspecified atom stereocenters. The molecule has 0 fully saturated rings. The molecule has 0 saturated carbocycles. The number of esters is 1. The van der Waals surface area contributed by atoms with Gasteiger partial charge in [-0.1, -0.05) is 6.07 Å². The number of aliphatic carboxylic acids is 1. The predicted molar refractivity (Wildman–Crippen MR) is 49.8 cm³/mol. The van der Waals surface area contributed by atoms with Crippen molar-refractivity contribution in [2.45, 2.75) is 0 Å². The second-order valence-electron chi connectivity index (χ2n) is 2.17. The molecule has 0 aliphatic rings. The first-order chi connectivity index (χ1) is 7.18. The highest BCUT2D eigenvalue weighted by Gasteiger charge is 2.11. The van der Waals surface area contributed by atoms with Crippen molar-refractivity contribution in [2.75, 3.05) is 13.9 Å². The van der Waals surface area contributed by atoms with Gasteiger partial charge in [0.1, 0.15) is 0 Å². The molecule has 0 radical (unpaired) electrons. The third kappa shape index (κ3) is 8.38. The van der Waals surface area contributed by atoms with Crippen LogP contribution in [0.4, 0.5) is 0 Å². The fourth-order valence-corrected chi connectivity index (χ4v) is 0.487. The molecule has 0 saturated heterocycles. The van der Waals surface area contributed by atoms with Crippen molar-refractivity contribution in [3.63, 3.8) is 0 Å². The molecule has 0 aliphatic heterocycles. The van der Waals surface area contributed by atoms with Crippen LogP contribution in [0, 0.1) is 0 Å². The Hall–Kier alpha value is -1.95. The van der Waals surface area contributed by atoms with Crippen molar-refractivity contribution in [2.24, 2.45) is 0 Å². The van der Waals surface area contributed by atoms with E-state index in [2.05, 4.69) is 14.5 Å². The van der Waals surface area contributed by atoms with Gasteiger partial charge < -0.3 is 14.6 Å². The number of hydrogen-bond donors (Lipinski definition) is 1. The normalized spacial score (nSPS) is 8.33. The maximum Gasteiger partial charge on any atom is 0.419 e. The van der Waals surface area contributed by atoms with Crippen LogP contribution >= 0.6 is 0 Å². The van der Waals surface area contributed by atoms with Gasteiger partial charge in [-0.05, 0) is 12.1 Å². The predicted octanol–water partition coefficient (Wildman–Crippen LogP) is 0.300. The molecule has 6 nitrogen and oxygen atoms in total. The quantitative estimate of drug-likeness (QED) is 0.432. The first kappa shape index (κ1) is 13.1. The first-order valence-corrected chi connectivity index (χ1v) is 3.92. The van der Waals surface area contributed by atoms with E-state index in [1.165, 1.54) is 7.11 Å². The van der Waals surface area contributed by atoms with Gasteiger partial charge >= 0.3 is 11.9 Å². The molecule has 1 N–H and O–H groups in total. The van der Waals surface area contributed by atoms with E-state index in [4.69, 9.17) is 5.11 Å². The molecule has 0 aromatic carbocycles. The van der Waals surface area contributed by atoms with Crippen LogP contribution in [0.25, 0.3) is 0 Å². The van der Waals surface area contributed by atoms with E-state index in [1.807, 2.05) is 18.2 Å². The van der Waals surface area contributed by atoms with E-state index >= 15 is 0 Å². The maximum atomic E-state index is 10.00. The van der Waals surface area contributed by atoms with Gasteiger partial charge in [-0.25, -0.2) is 9.59 Å². The van der Waals surface area contributed by atoms with Gasteiger partial charge in [0, 0.05) is 19.5 Å². The van der Waals surface area contributed by atoms with Crippen LogP contribution < -0.4 is 0 Å². The Labute approximate surface area is 86.5 Å². The fraction of sp³-hybridized carbons (Fsp3) is 0.222. The van der Waals surface area contributed by atoms with Crippen LogP contribution in [0.15, 0.2) is 30.6 Å². The number of carbonyl (C=O) groups is 2. The molecule has 15 heavy (non-hydrogen) atoms. The molecular formula is C9H11NO5. The number of ether oxygens (including phenoxy) is 2. The largest absolute Gasteiger partial charge is 0.473 e. The van der Waals surface area contributed by atoms with Crippen LogP contribution in [-0.2, 0) is 19.1 Å². The van der Waals surface area contributed by atoms with Crippen molar-refractivity contribution in [1.29, 1.82) is 0 Å². The van der Waals surface area contributed by atoms with E-state index in [9.17, 15) is 9.59 Å². The molecule has 6 heteroatoms. The van der Waals surface area contributed by atoms with Crippen molar-refractivity contribution >= 4 is 11.9 Å². The van der Waals surface area contributed by atoms with E-state index < -0.39 is 11.9 Å². The lowest BCUT2D eigenvalue weighted by Crippen LogP contribution is -2.17. The summed E-state index contributed by atoms with van der Waals surface area (Å²) in [5.41, 5.74) is 0. The summed E-state index contributed by atoms with van der Waals surface area (Å²) in [5, 5.41) is 7.88. The fourth-order valence-electron chi connectivity index (χ4n) is 0.487. The summed E-state index contributed by atoms with van der Waals surface area (Å²) in [6, 6.07) is 5.72. The number of carboxylic acid groups (broad SMARTS) is 1. The zero-order valence-corrected chi connectivity index (χ0v) is 8.12. The summed E-state index contributed by atoms with van der Waals surface area (Å²) in [5.74, 6) is -2.93. The van der Waals surface area contributed by atoms with Gasteiger partial charge in [0.05, 0.1) is 0 Å². The standard InChI is InChI=1S/C5H5N.C4H6O5/c1-2-4-6-5-3-1;1-8-2-9-4(7)3(5)6/h1-5H;2H2,1H3,(H,5,6). The zero-order valence-electron chi connectivity index (χ0n) is 8.12. The topological polar surface area (TPSA) is 85.7 Å². The maximum absolute atomic E-state index is 10.00. The number of hydrogen-bond acceptors (Lipinski definition) is 5. The van der Waals surface area contributed by atoms with Gasteiger partial charge in [-0.2, -0.15) is 0 Å². The minimum absolute atomic E-state index is 0.328. The van der Waals surface area contributed by atoms with Gasteiger partial charge in [0.15, 0.2) is 6.79 Å². The number of methoxy groups -OCH3 is 1.